The lowest BCUT2D eigenvalue weighted by Gasteiger charge is -2.08. The van der Waals surface area contributed by atoms with Crippen LogP contribution in [0.3, 0.4) is 0 Å². The Bertz CT molecular complexity index is 1350. The zero-order valence-corrected chi connectivity index (χ0v) is 19.6. The average Bonchev–Trinajstić information content (AvgIpc) is 3.29. The molecule has 2 aromatic carbocycles. The van der Waals surface area contributed by atoms with Gasteiger partial charge in [0.15, 0.2) is 11.5 Å². The number of carbonyl (C=O) groups is 1. The summed E-state index contributed by atoms with van der Waals surface area (Å²) in [4.78, 5) is 20.8. The summed E-state index contributed by atoms with van der Waals surface area (Å²) < 4.78 is 18.3. The zero-order chi connectivity index (χ0) is 23.9. The maximum Gasteiger partial charge on any atom is 0.251 e. The zero-order valence-electron chi connectivity index (χ0n) is 18.7. The second-order valence-corrected chi connectivity index (χ2v) is 8.99. The summed E-state index contributed by atoms with van der Waals surface area (Å²) in [6, 6.07) is 14.5. The summed E-state index contributed by atoms with van der Waals surface area (Å²) in [5.74, 6) is 1.45. The van der Waals surface area contributed by atoms with Crippen molar-refractivity contribution < 1.29 is 13.7 Å². The molecule has 174 valence electrons. The number of methoxy groups -OCH3 is 1. The van der Waals surface area contributed by atoms with Crippen molar-refractivity contribution in [2.24, 2.45) is 5.10 Å². The Balaban J connectivity index is 1.46. The first-order valence-electron chi connectivity index (χ1n) is 10.4. The number of amides is 1. The van der Waals surface area contributed by atoms with E-state index in [-0.39, 0.29) is 5.91 Å². The quantitative estimate of drug-likeness (QED) is 0.164. The highest BCUT2D eigenvalue weighted by Crippen LogP contribution is 2.26. The van der Waals surface area contributed by atoms with Crippen molar-refractivity contribution >= 4 is 39.8 Å². The molecule has 0 fully saturated rings. The van der Waals surface area contributed by atoms with Crippen LogP contribution in [0.25, 0.3) is 16.7 Å². The Morgan fingerprint density at radius 3 is 2.74 bits per heavy atom. The van der Waals surface area contributed by atoms with Gasteiger partial charge in [-0.2, -0.15) is 10.2 Å². The van der Waals surface area contributed by atoms with Crippen LogP contribution >= 0.6 is 0 Å². The van der Waals surface area contributed by atoms with Crippen molar-refractivity contribution in [3.05, 3.63) is 72.2 Å². The third-order valence-electron chi connectivity index (χ3n) is 4.95. The minimum absolute atomic E-state index is 0.200. The number of nitrogens with zero attached hydrogens (tertiary/aromatic N) is 5. The maximum absolute atomic E-state index is 12.1. The predicted molar refractivity (Wildman–Crippen MR) is 133 cm³/mol. The first-order valence-corrected chi connectivity index (χ1v) is 12.3. The minimum atomic E-state index is -1.26. The van der Waals surface area contributed by atoms with Gasteiger partial charge in [-0.3, -0.25) is 10.2 Å². The van der Waals surface area contributed by atoms with E-state index >= 15 is 0 Å². The molecular weight excluding hydrogens is 454 g/mol. The standard InChI is InChI=1S/C23H23N7O3S/c1-33-20-6-4-3-5-19(20)30-22-18(14-28-30)21(25-15-26-22)29-27-13-16-7-9-17(10-8-16)23(31)24-11-12-34(2)32/h3-10,13-15H,11-12H2,1-2H3,(H,24,31)(H,25,26,29)/p+1. The van der Waals surface area contributed by atoms with Crippen molar-refractivity contribution in [1.29, 1.82) is 0 Å². The number of aromatic nitrogens is 4. The molecule has 4 rings (SSSR count). The van der Waals surface area contributed by atoms with E-state index < -0.39 is 10.8 Å². The number of fused-ring (bicyclic) bond motifs is 1. The summed E-state index contributed by atoms with van der Waals surface area (Å²) >= 11 is 0. The first kappa shape index (κ1) is 23.1. The number of benzene rings is 2. The van der Waals surface area contributed by atoms with Crippen molar-refractivity contribution in [2.45, 2.75) is 0 Å². The lowest BCUT2D eigenvalue weighted by molar-refractivity contribution is 0.0956. The van der Waals surface area contributed by atoms with Gasteiger partial charge in [-0.1, -0.05) is 24.3 Å². The van der Waals surface area contributed by atoms with Crippen molar-refractivity contribution in [1.82, 2.24) is 25.1 Å². The maximum atomic E-state index is 12.1. The monoisotopic (exact) mass is 478 g/mol. The van der Waals surface area contributed by atoms with Crippen LogP contribution in [0.5, 0.6) is 5.75 Å². The number of hydrogen-bond donors (Lipinski definition) is 2. The Labute approximate surface area is 198 Å². The number of thiol groups is 1. The Kier molecular flexibility index (Phi) is 7.23. The fourth-order valence-electron chi connectivity index (χ4n) is 3.23. The fourth-order valence-corrected chi connectivity index (χ4v) is 3.66. The van der Waals surface area contributed by atoms with Gasteiger partial charge in [0.05, 0.1) is 48.5 Å². The molecule has 10 nitrogen and oxygen atoms in total. The van der Waals surface area contributed by atoms with Gasteiger partial charge in [-0.05, 0) is 29.8 Å². The van der Waals surface area contributed by atoms with E-state index in [1.165, 1.54) is 6.33 Å². The number of anilines is 1. The molecule has 1 amide bonds. The number of para-hydroxylation sites is 2. The lowest BCUT2D eigenvalue weighted by Crippen LogP contribution is -2.27. The van der Waals surface area contributed by atoms with Crippen LogP contribution in [-0.4, -0.2) is 57.5 Å². The molecule has 0 aliphatic carbocycles. The number of ether oxygens (including phenoxy) is 1. The van der Waals surface area contributed by atoms with Crippen LogP contribution in [0.1, 0.15) is 15.9 Å². The van der Waals surface area contributed by atoms with Gasteiger partial charge in [-0.25, -0.2) is 14.6 Å². The molecular formula is C23H24N7O3S+. The van der Waals surface area contributed by atoms with Gasteiger partial charge in [0, 0.05) is 5.56 Å². The second-order valence-electron chi connectivity index (χ2n) is 7.29. The smallest absolute Gasteiger partial charge is 0.251 e. The molecule has 0 bridgehead atoms. The van der Waals surface area contributed by atoms with Gasteiger partial charge >= 0.3 is 0 Å². The van der Waals surface area contributed by atoms with Crippen molar-refractivity contribution in [3.63, 3.8) is 0 Å². The third-order valence-corrected chi connectivity index (χ3v) is 5.80. The normalized spacial score (nSPS) is 12.1. The average molecular weight is 479 g/mol. The number of hydrogen-bond acceptors (Lipinski definition) is 8. The Morgan fingerprint density at radius 2 is 1.97 bits per heavy atom. The predicted octanol–water partition coefficient (Wildman–Crippen LogP) is 2.33. The van der Waals surface area contributed by atoms with E-state index in [9.17, 15) is 9.00 Å². The van der Waals surface area contributed by atoms with Crippen LogP contribution in [0.15, 0.2) is 66.2 Å². The Morgan fingerprint density at radius 1 is 1.18 bits per heavy atom. The lowest BCUT2D eigenvalue weighted by atomic mass is 10.1. The van der Waals surface area contributed by atoms with E-state index in [1.807, 2.05) is 24.3 Å². The van der Waals surface area contributed by atoms with Gasteiger partial charge in [0.2, 0.25) is 0 Å². The van der Waals surface area contributed by atoms with E-state index in [0.717, 1.165) is 11.3 Å². The first-order chi connectivity index (χ1) is 16.6. The van der Waals surface area contributed by atoms with Crippen molar-refractivity contribution in [3.8, 4) is 11.4 Å². The molecule has 0 aliphatic rings. The molecule has 1 unspecified atom stereocenters. The minimum Gasteiger partial charge on any atom is -0.494 e. The van der Waals surface area contributed by atoms with E-state index in [0.29, 0.717) is 40.5 Å². The summed E-state index contributed by atoms with van der Waals surface area (Å²) in [6.07, 6.45) is 6.38. The molecule has 2 N–H and O–H groups in total. The molecule has 0 aliphatic heterocycles. The third kappa shape index (κ3) is 5.26. The van der Waals surface area contributed by atoms with Gasteiger partial charge in [0.1, 0.15) is 23.5 Å². The molecule has 0 spiro atoms. The SMILES string of the molecule is COc1ccccc1-n1ncc2c(NN=Cc3ccc(C(=O)NCC[SH+](C)=O)cc3)ncnc21. The molecule has 0 saturated heterocycles. The van der Waals surface area contributed by atoms with E-state index in [2.05, 4.69) is 30.9 Å². The summed E-state index contributed by atoms with van der Waals surface area (Å²) in [5.41, 5.74) is 5.64. The van der Waals surface area contributed by atoms with E-state index in [1.54, 1.807) is 54.7 Å². The molecule has 2 aromatic heterocycles. The Hall–Kier alpha value is -4.12. The van der Waals surface area contributed by atoms with E-state index in [4.69, 9.17) is 4.74 Å². The van der Waals surface area contributed by atoms with Gasteiger partial charge in [0.25, 0.3) is 5.91 Å². The molecule has 0 radical (unpaired) electrons. The van der Waals surface area contributed by atoms with Crippen LogP contribution < -0.4 is 15.5 Å². The number of rotatable bonds is 9. The largest absolute Gasteiger partial charge is 0.494 e. The number of hydrazone groups is 1. The highest BCUT2D eigenvalue weighted by atomic mass is 32.2. The fraction of sp³-hybridized carbons (Fsp3) is 0.174. The summed E-state index contributed by atoms with van der Waals surface area (Å²) in [6.45, 7) is 0.388. The van der Waals surface area contributed by atoms with Gasteiger partial charge in [-0.15, -0.1) is 4.21 Å². The highest BCUT2D eigenvalue weighted by Gasteiger charge is 2.13. The van der Waals surface area contributed by atoms with Crippen molar-refractivity contribution in [2.75, 3.05) is 31.1 Å². The number of nitrogens with one attached hydrogen (secondary N) is 2. The second kappa shape index (κ2) is 10.7. The number of carbonyl (C=O) groups excluding carboxylic acids is 1. The molecule has 1 atom stereocenters. The molecule has 4 aromatic rings. The topological polar surface area (TPSA) is 123 Å². The van der Waals surface area contributed by atoms with Crippen LogP contribution in [0, 0.1) is 0 Å². The molecule has 11 heteroatoms. The highest BCUT2D eigenvalue weighted by molar-refractivity contribution is 7.84. The molecule has 2 heterocycles. The van der Waals surface area contributed by atoms with Crippen LogP contribution in [0.2, 0.25) is 0 Å². The van der Waals surface area contributed by atoms with Crippen LogP contribution in [0.4, 0.5) is 5.82 Å². The molecule has 0 saturated carbocycles. The molecule has 34 heavy (non-hydrogen) atoms. The summed E-state index contributed by atoms with van der Waals surface area (Å²) in [7, 11) is 0.343. The summed E-state index contributed by atoms with van der Waals surface area (Å²) in [5, 5.41) is 12.2. The van der Waals surface area contributed by atoms with Gasteiger partial charge < -0.3 is 10.1 Å². The van der Waals surface area contributed by atoms with Crippen LogP contribution in [-0.2, 0) is 15.0 Å².